The molecule has 0 aliphatic carbocycles. The Morgan fingerprint density at radius 2 is 2.44 bits per heavy atom. The molecule has 16 heavy (non-hydrogen) atoms. The van der Waals surface area contributed by atoms with Crippen molar-refractivity contribution in [2.24, 2.45) is 0 Å². The molecule has 4 heteroatoms. The second kappa shape index (κ2) is 5.92. The Balaban J connectivity index is 1.86. The fraction of sp³-hybridized carbons (Fsp3) is 0.500. The van der Waals surface area contributed by atoms with Gasteiger partial charge in [-0.3, -0.25) is 0 Å². The molecule has 1 heterocycles. The molecule has 1 aliphatic rings. The van der Waals surface area contributed by atoms with Crippen LogP contribution in [-0.4, -0.2) is 43.4 Å². The van der Waals surface area contributed by atoms with E-state index in [2.05, 4.69) is 23.3 Å². The van der Waals surface area contributed by atoms with Crippen LogP contribution in [0.1, 0.15) is 0 Å². The topological polar surface area (TPSA) is 15.3 Å². The predicted molar refractivity (Wildman–Crippen MR) is 71.5 cm³/mol. The number of nitrogens with one attached hydrogen (secondary N) is 1. The number of rotatable bonds is 3. The third-order valence-corrected chi connectivity index (χ3v) is 4.26. The summed E-state index contributed by atoms with van der Waals surface area (Å²) in [7, 11) is 2.20. The van der Waals surface area contributed by atoms with Crippen molar-refractivity contribution in [2.75, 3.05) is 32.4 Å². The summed E-state index contributed by atoms with van der Waals surface area (Å²) in [5.74, 6) is 1.11. The molecule has 88 valence electrons. The number of likely N-dealkylation sites (N-methyl/N-ethyl adjacent to an activating group) is 1. The maximum atomic E-state index is 5.96. The summed E-state index contributed by atoms with van der Waals surface area (Å²) < 4.78 is 0. The number of hydrogen-bond acceptors (Lipinski definition) is 3. The number of halogens is 1. The van der Waals surface area contributed by atoms with E-state index in [4.69, 9.17) is 11.6 Å². The van der Waals surface area contributed by atoms with E-state index in [1.54, 1.807) is 0 Å². The molecular formula is C12H17ClN2S. The minimum Gasteiger partial charge on any atom is -0.314 e. The van der Waals surface area contributed by atoms with Crippen molar-refractivity contribution < 1.29 is 0 Å². The molecule has 0 saturated carbocycles. The molecule has 1 N–H and O–H groups in total. The van der Waals surface area contributed by atoms with E-state index >= 15 is 0 Å². The summed E-state index contributed by atoms with van der Waals surface area (Å²) in [4.78, 5) is 3.68. The molecule has 1 unspecified atom stereocenters. The van der Waals surface area contributed by atoms with Gasteiger partial charge in [-0.1, -0.05) is 17.7 Å². The number of thioether (sulfide) groups is 1. The normalized spacial score (nSPS) is 22.2. The van der Waals surface area contributed by atoms with Crippen LogP contribution in [0.25, 0.3) is 0 Å². The second-order valence-corrected chi connectivity index (χ2v) is 5.64. The van der Waals surface area contributed by atoms with Gasteiger partial charge in [-0.05, 0) is 25.2 Å². The summed E-state index contributed by atoms with van der Waals surface area (Å²) in [5, 5.41) is 4.25. The molecule has 1 fully saturated rings. The molecule has 1 saturated heterocycles. The Hall–Kier alpha value is -0.220. The average Bonchev–Trinajstić information content (AvgIpc) is 2.28. The Morgan fingerprint density at radius 3 is 3.19 bits per heavy atom. The minimum absolute atomic E-state index is 0.623. The summed E-state index contributed by atoms with van der Waals surface area (Å²) in [5.41, 5.74) is 0. The van der Waals surface area contributed by atoms with Gasteiger partial charge >= 0.3 is 0 Å². The zero-order chi connectivity index (χ0) is 11.4. The molecular weight excluding hydrogens is 240 g/mol. The lowest BCUT2D eigenvalue weighted by Crippen LogP contribution is -2.50. The van der Waals surface area contributed by atoms with E-state index < -0.39 is 0 Å². The smallest absolute Gasteiger partial charge is 0.0417 e. The molecule has 2 nitrogen and oxygen atoms in total. The van der Waals surface area contributed by atoms with E-state index in [0.29, 0.717) is 6.04 Å². The van der Waals surface area contributed by atoms with Crippen LogP contribution >= 0.6 is 23.4 Å². The first kappa shape index (κ1) is 12.2. The number of benzene rings is 1. The van der Waals surface area contributed by atoms with Gasteiger partial charge in [-0.2, -0.15) is 0 Å². The first-order valence-electron chi connectivity index (χ1n) is 5.55. The van der Waals surface area contributed by atoms with E-state index in [0.717, 1.165) is 30.4 Å². The fourth-order valence-corrected chi connectivity index (χ4v) is 3.20. The molecule has 0 aromatic heterocycles. The van der Waals surface area contributed by atoms with Gasteiger partial charge in [0.15, 0.2) is 0 Å². The quantitative estimate of drug-likeness (QED) is 0.836. The van der Waals surface area contributed by atoms with Crippen LogP contribution in [0.5, 0.6) is 0 Å². The molecule has 1 aromatic rings. The largest absolute Gasteiger partial charge is 0.314 e. The van der Waals surface area contributed by atoms with E-state index in [9.17, 15) is 0 Å². The Kier molecular flexibility index (Phi) is 4.53. The van der Waals surface area contributed by atoms with Crippen molar-refractivity contribution >= 4 is 23.4 Å². The zero-order valence-electron chi connectivity index (χ0n) is 9.45. The first-order valence-corrected chi connectivity index (χ1v) is 6.91. The molecule has 0 spiro atoms. The van der Waals surface area contributed by atoms with Crippen molar-refractivity contribution in [3.05, 3.63) is 29.3 Å². The van der Waals surface area contributed by atoms with E-state index in [1.807, 2.05) is 30.0 Å². The van der Waals surface area contributed by atoms with E-state index in [1.165, 1.54) is 4.90 Å². The standard InChI is InChI=1S/C12H17ClN2S/c1-15-6-5-14-8-11(15)9-16-12-4-2-3-10(13)7-12/h2-4,7,11,14H,5-6,8-9H2,1H3. The van der Waals surface area contributed by atoms with Crippen LogP contribution in [0.15, 0.2) is 29.2 Å². The Morgan fingerprint density at radius 1 is 1.56 bits per heavy atom. The highest BCUT2D eigenvalue weighted by Crippen LogP contribution is 2.23. The monoisotopic (exact) mass is 256 g/mol. The van der Waals surface area contributed by atoms with Gasteiger partial charge in [0.1, 0.15) is 0 Å². The summed E-state index contributed by atoms with van der Waals surface area (Å²) in [6.45, 7) is 3.33. The lowest BCUT2D eigenvalue weighted by molar-refractivity contribution is 0.218. The molecule has 0 bridgehead atoms. The Labute approximate surface area is 106 Å². The van der Waals surface area contributed by atoms with Gasteiger partial charge in [0, 0.05) is 41.3 Å². The van der Waals surface area contributed by atoms with Gasteiger partial charge in [0.05, 0.1) is 0 Å². The summed E-state index contributed by atoms with van der Waals surface area (Å²) in [6.07, 6.45) is 0. The fourth-order valence-electron chi connectivity index (χ4n) is 1.80. The highest BCUT2D eigenvalue weighted by molar-refractivity contribution is 7.99. The second-order valence-electron chi connectivity index (χ2n) is 4.11. The van der Waals surface area contributed by atoms with Crippen LogP contribution < -0.4 is 5.32 Å². The van der Waals surface area contributed by atoms with Crippen molar-refractivity contribution in [3.63, 3.8) is 0 Å². The highest BCUT2D eigenvalue weighted by Gasteiger charge is 2.18. The zero-order valence-corrected chi connectivity index (χ0v) is 11.0. The summed E-state index contributed by atoms with van der Waals surface area (Å²) in [6, 6.07) is 8.70. The van der Waals surface area contributed by atoms with Crippen LogP contribution in [0.2, 0.25) is 5.02 Å². The van der Waals surface area contributed by atoms with Crippen LogP contribution in [0.3, 0.4) is 0 Å². The SMILES string of the molecule is CN1CCNCC1CSc1cccc(Cl)c1. The van der Waals surface area contributed by atoms with Gasteiger partial charge < -0.3 is 10.2 Å². The van der Waals surface area contributed by atoms with Gasteiger partial charge in [-0.25, -0.2) is 0 Å². The lowest BCUT2D eigenvalue weighted by atomic mass is 10.2. The number of nitrogens with zero attached hydrogens (tertiary/aromatic N) is 1. The van der Waals surface area contributed by atoms with Crippen LogP contribution in [-0.2, 0) is 0 Å². The van der Waals surface area contributed by atoms with Crippen molar-refractivity contribution in [1.82, 2.24) is 10.2 Å². The third kappa shape index (κ3) is 3.39. The highest BCUT2D eigenvalue weighted by atomic mass is 35.5. The van der Waals surface area contributed by atoms with Crippen LogP contribution in [0, 0.1) is 0 Å². The molecule has 1 aromatic carbocycles. The minimum atomic E-state index is 0.623. The number of hydrogen-bond donors (Lipinski definition) is 1. The third-order valence-electron chi connectivity index (χ3n) is 2.88. The molecule has 0 radical (unpaired) electrons. The first-order chi connectivity index (χ1) is 7.75. The maximum Gasteiger partial charge on any atom is 0.0417 e. The summed E-state index contributed by atoms with van der Waals surface area (Å²) >= 11 is 7.84. The Bertz CT molecular complexity index is 346. The van der Waals surface area contributed by atoms with Gasteiger partial charge in [-0.15, -0.1) is 11.8 Å². The van der Waals surface area contributed by atoms with Gasteiger partial charge in [0.25, 0.3) is 0 Å². The van der Waals surface area contributed by atoms with Crippen molar-refractivity contribution in [2.45, 2.75) is 10.9 Å². The van der Waals surface area contributed by atoms with Gasteiger partial charge in [0.2, 0.25) is 0 Å². The van der Waals surface area contributed by atoms with Crippen LogP contribution in [0.4, 0.5) is 0 Å². The molecule has 2 rings (SSSR count). The average molecular weight is 257 g/mol. The maximum absolute atomic E-state index is 5.96. The molecule has 1 aliphatic heterocycles. The lowest BCUT2D eigenvalue weighted by Gasteiger charge is -2.32. The number of piperazine rings is 1. The van der Waals surface area contributed by atoms with Crippen molar-refractivity contribution in [1.29, 1.82) is 0 Å². The molecule has 1 atom stereocenters. The van der Waals surface area contributed by atoms with E-state index in [-0.39, 0.29) is 0 Å². The molecule has 0 amide bonds. The predicted octanol–water partition coefficient (Wildman–Crippen LogP) is 2.34. The van der Waals surface area contributed by atoms with Crippen molar-refractivity contribution in [3.8, 4) is 0 Å².